The number of amides is 1. The van der Waals surface area contributed by atoms with Crippen molar-refractivity contribution in [3.63, 3.8) is 0 Å². The zero-order chi connectivity index (χ0) is 21.7. The highest BCUT2D eigenvalue weighted by Gasteiger charge is 2.37. The van der Waals surface area contributed by atoms with E-state index >= 15 is 0 Å². The molecular weight excluding hydrogens is 407 g/mol. The first-order valence-electron chi connectivity index (χ1n) is 9.94. The van der Waals surface area contributed by atoms with Crippen LogP contribution in [0.25, 0.3) is 0 Å². The third-order valence-electron chi connectivity index (χ3n) is 5.23. The van der Waals surface area contributed by atoms with Gasteiger partial charge in [0.05, 0.1) is 4.90 Å². The van der Waals surface area contributed by atoms with Crippen LogP contribution < -0.4 is 5.32 Å². The van der Waals surface area contributed by atoms with Gasteiger partial charge in [-0.1, -0.05) is 30.7 Å². The molecular formula is C22H25FN2O4S. The smallest absolute Gasteiger partial charge is 0.243 e. The van der Waals surface area contributed by atoms with Crippen molar-refractivity contribution in [2.24, 2.45) is 0 Å². The topological polar surface area (TPSA) is 83.6 Å². The summed E-state index contributed by atoms with van der Waals surface area (Å²) >= 11 is 0. The van der Waals surface area contributed by atoms with Crippen molar-refractivity contribution in [3.05, 3.63) is 65.5 Å². The molecule has 0 spiro atoms. The first-order valence-corrected chi connectivity index (χ1v) is 11.4. The maximum atomic E-state index is 13.3. The second-order valence-electron chi connectivity index (χ2n) is 7.38. The molecule has 0 bridgehead atoms. The maximum absolute atomic E-state index is 13.3. The fourth-order valence-electron chi connectivity index (χ4n) is 3.59. The van der Waals surface area contributed by atoms with Gasteiger partial charge in [0.15, 0.2) is 5.78 Å². The molecule has 30 heavy (non-hydrogen) atoms. The lowest BCUT2D eigenvalue weighted by atomic mass is 10.0. The first kappa shape index (κ1) is 22.1. The van der Waals surface area contributed by atoms with Crippen molar-refractivity contribution < 1.29 is 22.4 Å². The lowest BCUT2D eigenvalue weighted by Gasteiger charge is -2.33. The van der Waals surface area contributed by atoms with Crippen LogP contribution in [0.5, 0.6) is 0 Å². The molecule has 0 aromatic heterocycles. The van der Waals surface area contributed by atoms with Gasteiger partial charge >= 0.3 is 0 Å². The highest BCUT2D eigenvalue weighted by Crippen LogP contribution is 2.26. The third-order valence-corrected chi connectivity index (χ3v) is 7.15. The van der Waals surface area contributed by atoms with E-state index in [9.17, 15) is 22.4 Å². The van der Waals surface area contributed by atoms with E-state index in [4.69, 9.17) is 0 Å². The molecule has 1 N–H and O–H groups in total. The van der Waals surface area contributed by atoms with Gasteiger partial charge < -0.3 is 5.32 Å². The molecule has 2 aromatic carbocycles. The van der Waals surface area contributed by atoms with Crippen LogP contribution in [0.4, 0.5) is 4.39 Å². The molecule has 3 rings (SSSR count). The Bertz CT molecular complexity index is 1020. The quantitative estimate of drug-likeness (QED) is 0.682. The van der Waals surface area contributed by atoms with Crippen molar-refractivity contribution in [1.29, 1.82) is 0 Å². The number of hydrogen-bond donors (Lipinski definition) is 1. The Hall–Kier alpha value is -2.58. The molecule has 0 saturated carbocycles. The van der Waals surface area contributed by atoms with E-state index in [-0.39, 0.29) is 28.9 Å². The van der Waals surface area contributed by atoms with Gasteiger partial charge in [-0.15, -0.1) is 0 Å². The van der Waals surface area contributed by atoms with Crippen LogP contribution >= 0.6 is 0 Å². The summed E-state index contributed by atoms with van der Waals surface area (Å²) in [5.74, 6) is -0.832. The zero-order valence-corrected chi connectivity index (χ0v) is 17.6. The molecule has 1 atom stereocenters. The summed E-state index contributed by atoms with van der Waals surface area (Å²) in [6.07, 6.45) is 2.33. The minimum absolute atomic E-state index is 0.0620. The molecule has 0 radical (unpaired) electrons. The normalized spacial score (nSPS) is 17.5. The van der Waals surface area contributed by atoms with Crippen LogP contribution in [0.2, 0.25) is 0 Å². The molecule has 160 valence electrons. The molecule has 1 unspecified atom stereocenters. The van der Waals surface area contributed by atoms with Gasteiger partial charge in [-0.2, -0.15) is 4.31 Å². The number of benzene rings is 2. The number of halogens is 1. The van der Waals surface area contributed by atoms with Crippen molar-refractivity contribution in [2.45, 2.75) is 43.5 Å². The number of sulfonamides is 1. The minimum atomic E-state index is -3.87. The van der Waals surface area contributed by atoms with Crippen LogP contribution in [0, 0.1) is 5.82 Å². The van der Waals surface area contributed by atoms with Crippen molar-refractivity contribution in [3.8, 4) is 0 Å². The Balaban J connectivity index is 1.70. The number of rotatable bonds is 7. The standard InChI is InChI=1S/C22H25FN2O4S/c1-16(26)18-8-10-20(11-9-18)30(28,29)25-14-3-2-7-21(25)22(27)24-13-12-17-5-4-6-19(23)15-17/h4-6,8-11,15,21H,2-3,7,12-14H2,1H3,(H,24,27). The van der Waals surface area contributed by atoms with Crippen molar-refractivity contribution >= 4 is 21.7 Å². The predicted molar refractivity (Wildman–Crippen MR) is 111 cm³/mol. The van der Waals surface area contributed by atoms with Gasteiger partial charge in [-0.3, -0.25) is 9.59 Å². The highest BCUT2D eigenvalue weighted by atomic mass is 32.2. The summed E-state index contributed by atoms with van der Waals surface area (Å²) in [4.78, 5) is 24.3. The Morgan fingerprint density at radius 3 is 2.53 bits per heavy atom. The third kappa shape index (κ3) is 5.12. The van der Waals surface area contributed by atoms with Gasteiger partial charge in [-0.25, -0.2) is 12.8 Å². The summed E-state index contributed by atoms with van der Waals surface area (Å²) < 4.78 is 40.8. The predicted octanol–water partition coefficient (Wildman–Crippen LogP) is 2.93. The highest BCUT2D eigenvalue weighted by molar-refractivity contribution is 7.89. The average molecular weight is 433 g/mol. The molecule has 1 saturated heterocycles. The van der Waals surface area contributed by atoms with E-state index in [1.807, 2.05) is 0 Å². The molecule has 8 heteroatoms. The fraction of sp³-hybridized carbons (Fsp3) is 0.364. The van der Waals surface area contributed by atoms with Crippen LogP contribution in [0.15, 0.2) is 53.4 Å². The number of piperidine rings is 1. The van der Waals surface area contributed by atoms with Gasteiger partial charge in [0, 0.05) is 18.7 Å². The summed E-state index contributed by atoms with van der Waals surface area (Å²) in [5.41, 5.74) is 1.19. The SMILES string of the molecule is CC(=O)c1ccc(S(=O)(=O)N2CCCCC2C(=O)NCCc2cccc(F)c2)cc1. The molecule has 1 fully saturated rings. The maximum Gasteiger partial charge on any atom is 0.243 e. The average Bonchev–Trinajstić information content (AvgIpc) is 2.74. The monoisotopic (exact) mass is 432 g/mol. The van der Waals surface area contributed by atoms with E-state index in [1.165, 1.54) is 47.6 Å². The van der Waals surface area contributed by atoms with Crippen molar-refractivity contribution in [2.75, 3.05) is 13.1 Å². The van der Waals surface area contributed by atoms with Crippen LogP contribution in [-0.2, 0) is 21.2 Å². The number of nitrogens with zero attached hydrogens (tertiary/aromatic N) is 1. The van der Waals surface area contributed by atoms with Gasteiger partial charge in [0.25, 0.3) is 0 Å². The molecule has 6 nitrogen and oxygen atoms in total. The van der Waals surface area contributed by atoms with E-state index in [2.05, 4.69) is 5.32 Å². The fourth-order valence-corrected chi connectivity index (χ4v) is 5.25. The van der Waals surface area contributed by atoms with Gasteiger partial charge in [0.2, 0.25) is 15.9 Å². The summed E-state index contributed by atoms with van der Waals surface area (Å²) in [6.45, 7) is 1.97. The number of hydrogen-bond acceptors (Lipinski definition) is 4. The Kier molecular flexibility index (Phi) is 6.99. The molecule has 1 heterocycles. The lowest BCUT2D eigenvalue weighted by Crippen LogP contribution is -2.52. The Labute approximate surface area is 176 Å². The van der Waals surface area contributed by atoms with Crippen molar-refractivity contribution in [1.82, 2.24) is 9.62 Å². The number of carbonyl (C=O) groups excluding carboxylic acids is 2. The summed E-state index contributed by atoms with van der Waals surface area (Å²) in [7, 11) is -3.87. The second kappa shape index (κ2) is 9.49. The Morgan fingerprint density at radius 1 is 1.13 bits per heavy atom. The van der Waals surface area contributed by atoms with E-state index in [0.29, 0.717) is 31.4 Å². The van der Waals surface area contributed by atoms with Crippen LogP contribution in [-0.4, -0.2) is 43.5 Å². The molecule has 2 aromatic rings. The number of ketones is 1. The van der Waals surface area contributed by atoms with Crippen LogP contribution in [0.3, 0.4) is 0 Å². The largest absolute Gasteiger partial charge is 0.354 e. The van der Waals surface area contributed by atoms with Gasteiger partial charge in [0.1, 0.15) is 11.9 Å². The van der Waals surface area contributed by atoms with E-state index in [0.717, 1.165) is 12.0 Å². The minimum Gasteiger partial charge on any atom is -0.354 e. The summed E-state index contributed by atoms with van der Waals surface area (Å²) in [5, 5.41) is 2.79. The summed E-state index contributed by atoms with van der Waals surface area (Å²) in [6, 6.07) is 11.1. The zero-order valence-electron chi connectivity index (χ0n) is 16.8. The van der Waals surface area contributed by atoms with E-state index in [1.54, 1.807) is 12.1 Å². The molecule has 1 amide bonds. The Morgan fingerprint density at radius 2 is 1.87 bits per heavy atom. The second-order valence-corrected chi connectivity index (χ2v) is 9.27. The molecule has 0 aliphatic carbocycles. The number of Topliss-reactive ketones (excluding diaryl/α,β-unsaturated/α-hetero) is 1. The number of carbonyl (C=O) groups is 2. The van der Waals surface area contributed by atoms with E-state index < -0.39 is 16.1 Å². The van der Waals surface area contributed by atoms with Crippen LogP contribution in [0.1, 0.15) is 42.1 Å². The molecule has 1 aliphatic rings. The molecule has 1 aliphatic heterocycles. The van der Waals surface area contributed by atoms with Gasteiger partial charge in [-0.05, 0) is 56.0 Å². The first-order chi connectivity index (χ1) is 14.3. The number of nitrogens with one attached hydrogen (secondary N) is 1. The lowest BCUT2D eigenvalue weighted by molar-refractivity contribution is -0.125.